The summed E-state index contributed by atoms with van der Waals surface area (Å²) in [5.74, 6) is 0.686. The van der Waals surface area contributed by atoms with Crippen LogP contribution in [0.4, 0.5) is 11.4 Å². The Balaban J connectivity index is 2.05. The molecule has 0 radical (unpaired) electrons. The van der Waals surface area contributed by atoms with Gasteiger partial charge in [0.15, 0.2) is 0 Å². The second-order valence-corrected chi connectivity index (χ2v) is 4.93. The van der Waals surface area contributed by atoms with Crippen LogP contribution in [-0.2, 0) is 6.54 Å². The topological polar surface area (TPSA) is 80.1 Å². The van der Waals surface area contributed by atoms with Crippen LogP contribution in [0.25, 0.3) is 0 Å². The molecule has 1 aromatic heterocycles. The van der Waals surface area contributed by atoms with E-state index < -0.39 is 0 Å². The van der Waals surface area contributed by atoms with Crippen LogP contribution < -0.4 is 20.7 Å². The number of hydrogen-bond donors (Lipinski definition) is 3. The van der Waals surface area contributed by atoms with Gasteiger partial charge in [0.1, 0.15) is 5.75 Å². The fourth-order valence-corrected chi connectivity index (χ4v) is 2.21. The summed E-state index contributed by atoms with van der Waals surface area (Å²) in [5.41, 5.74) is 8.28. The SMILES string of the molecule is CCCOc1cccc(NCc2csc(=O)[nH]2)c1N. The number of anilines is 2. The molecule has 102 valence electrons. The van der Waals surface area contributed by atoms with E-state index in [0.717, 1.165) is 29.1 Å². The molecular weight excluding hydrogens is 262 g/mol. The second kappa shape index (κ2) is 6.29. The van der Waals surface area contributed by atoms with E-state index in [9.17, 15) is 4.79 Å². The smallest absolute Gasteiger partial charge is 0.304 e. The lowest BCUT2D eigenvalue weighted by Crippen LogP contribution is -2.06. The summed E-state index contributed by atoms with van der Waals surface area (Å²) in [5, 5.41) is 4.99. The van der Waals surface area contributed by atoms with Gasteiger partial charge in [-0.25, -0.2) is 0 Å². The highest BCUT2D eigenvalue weighted by Gasteiger charge is 2.06. The van der Waals surface area contributed by atoms with Gasteiger partial charge >= 0.3 is 4.87 Å². The third kappa shape index (κ3) is 3.51. The first-order chi connectivity index (χ1) is 9.20. The largest absolute Gasteiger partial charge is 0.491 e. The van der Waals surface area contributed by atoms with Gasteiger partial charge in [-0.2, -0.15) is 0 Å². The molecule has 0 bridgehead atoms. The summed E-state index contributed by atoms with van der Waals surface area (Å²) < 4.78 is 5.56. The molecular formula is C13H17N3O2S. The van der Waals surface area contributed by atoms with Crippen molar-refractivity contribution in [1.82, 2.24) is 4.98 Å². The Morgan fingerprint density at radius 1 is 1.47 bits per heavy atom. The van der Waals surface area contributed by atoms with E-state index in [2.05, 4.69) is 10.3 Å². The maximum atomic E-state index is 11.0. The molecule has 19 heavy (non-hydrogen) atoms. The number of benzene rings is 1. The maximum absolute atomic E-state index is 11.0. The summed E-state index contributed by atoms with van der Waals surface area (Å²) in [6, 6.07) is 5.63. The summed E-state index contributed by atoms with van der Waals surface area (Å²) in [6.45, 7) is 3.22. The Labute approximate surface area is 115 Å². The third-order valence-corrected chi connectivity index (χ3v) is 3.29. The Morgan fingerprint density at radius 2 is 2.32 bits per heavy atom. The van der Waals surface area contributed by atoms with Crippen molar-refractivity contribution in [1.29, 1.82) is 0 Å². The maximum Gasteiger partial charge on any atom is 0.304 e. The minimum atomic E-state index is -0.0511. The molecule has 4 N–H and O–H groups in total. The first-order valence-electron chi connectivity index (χ1n) is 6.12. The highest BCUT2D eigenvalue weighted by atomic mass is 32.1. The number of ether oxygens (including phenoxy) is 1. The van der Waals surface area contributed by atoms with E-state index in [1.807, 2.05) is 25.1 Å². The number of nitrogens with one attached hydrogen (secondary N) is 2. The molecule has 6 heteroatoms. The lowest BCUT2D eigenvalue weighted by molar-refractivity contribution is 0.319. The van der Waals surface area contributed by atoms with Crippen molar-refractivity contribution in [3.63, 3.8) is 0 Å². The van der Waals surface area contributed by atoms with Crippen LogP contribution in [0.1, 0.15) is 19.0 Å². The van der Waals surface area contributed by atoms with E-state index in [-0.39, 0.29) is 4.87 Å². The molecule has 0 unspecified atom stereocenters. The van der Waals surface area contributed by atoms with Crippen LogP contribution >= 0.6 is 11.3 Å². The number of thiazole rings is 1. The lowest BCUT2D eigenvalue weighted by atomic mass is 10.2. The zero-order valence-corrected chi connectivity index (χ0v) is 11.5. The van der Waals surface area contributed by atoms with Crippen LogP contribution in [0.3, 0.4) is 0 Å². The number of nitrogens with two attached hydrogens (primary N) is 1. The van der Waals surface area contributed by atoms with Crippen molar-refractivity contribution in [2.45, 2.75) is 19.9 Å². The van der Waals surface area contributed by atoms with Crippen LogP contribution in [0, 0.1) is 0 Å². The number of aromatic amines is 1. The van der Waals surface area contributed by atoms with Crippen molar-refractivity contribution < 1.29 is 4.74 Å². The number of hydrogen-bond acceptors (Lipinski definition) is 5. The summed E-state index contributed by atoms with van der Waals surface area (Å²) in [7, 11) is 0. The molecule has 0 saturated heterocycles. The molecule has 1 heterocycles. The Kier molecular flexibility index (Phi) is 4.46. The van der Waals surface area contributed by atoms with Crippen LogP contribution in [-0.4, -0.2) is 11.6 Å². The second-order valence-electron chi connectivity index (χ2n) is 4.09. The average molecular weight is 279 g/mol. The minimum absolute atomic E-state index is 0.0511. The van der Waals surface area contributed by atoms with Gasteiger partial charge in [0.2, 0.25) is 0 Å². The van der Waals surface area contributed by atoms with E-state index in [1.165, 1.54) is 0 Å². The summed E-state index contributed by atoms with van der Waals surface area (Å²) >= 11 is 1.15. The predicted octanol–water partition coefficient (Wildman–Crippen LogP) is 2.42. The van der Waals surface area contributed by atoms with E-state index in [4.69, 9.17) is 10.5 Å². The van der Waals surface area contributed by atoms with Gasteiger partial charge in [-0.05, 0) is 18.6 Å². The molecule has 1 aromatic carbocycles. The van der Waals surface area contributed by atoms with Crippen molar-refractivity contribution in [2.75, 3.05) is 17.7 Å². The predicted molar refractivity (Wildman–Crippen MR) is 78.9 cm³/mol. The van der Waals surface area contributed by atoms with Crippen molar-refractivity contribution in [3.05, 3.63) is 38.9 Å². The fourth-order valence-electron chi connectivity index (χ4n) is 1.63. The monoisotopic (exact) mass is 279 g/mol. The molecule has 0 aliphatic rings. The molecule has 0 saturated carbocycles. The average Bonchev–Trinajstić information content (AvgIpc) is 2.82. The molecule has 5 nitrogen and oxygen atoms in total. The van der Waals surface area contributed by atoms with Crippen molar-refractivity contribution in [2.24, 2.45) is 0 Å². The molecule has 0 amide bonds. The molecule has 0 aliphatic carbocycles. The number of H-pyrrole nitrogens is 1. The van der Waals surface area contributed by atoms with Gasteiger partial charge < -0.3 is 20.8 Å². The zero-order chi connectivity index (χ0) is 13.7. The van der Waals surface area contributed by atoms with Gasteiger partial charge in [0.05, 0.1) is 24.5 Å². The molecule has 0 spiro atoms. The number of aromatic nitrogens is 1. The normalized spacial score (nSPS) is 10.4. The van der Waals surface area contributed by atoms with E-state index in [1.54, 1.807) is 5.38 Å². The van der Waals surface area contributed by atoms with E-state index in [0.29, 0.717) is 24.6 Å². The molecule has 0 atom stereocenters. The highest BCUT2D eigenvalue weighted by molar-refractivity contribution is 7.07. The number of nitrogen functional groups attached to an aromatic ring is 1. The Morgan fingerprint density at radius 3 is 3.00 bits per heavy atom. The van der Waals surface area contributed by atoms with Gasteiger partial charge in [-0.3, -0.25) is 4.79 Å². The molecule has 2 aromatic rings. The first kappa shape index (κ1) is 13.5. The molecule has 2 rings (SSSR count). The summed E-state index contributed by atoms with van der Waals surface area (Å²) in [4.78, 5) is 13.7. The first-order valence-corrected chi connectivity index (χ1v) is 7.00. The number of para-hydroxylation sites is 1. The van der Waals surface area contributed by atoms with Gasteiger partial charge in [-0.15, -0.1) is 0 Å². The Bertz CT molecular complexity index is 592. The standard InChI is InChI=1S/C13H17N3O2S/c1-2-6-18-11-5-3-4-10(12(11)14)15-7-9-8-19-13(17)16-9/h3-5,8,15H,2,6-7,14H2,1H3,(H,16,17). The quantitative estimate of drug-likeness (QED) is 0.709. The van der Waals surface area contributed by atoms with Gasteiger partial charge in [-0.1, -0.05) is 24.3 Å². The zero-order valence-electron chi connectivity index (χ0n) is 10.7. The Hall–Kier alpha value is -1.95. The molecule has 0 fully saturated rings. The van der Waals surface area contributed by atoms with Gasteiger partial charge in [0, 0.05) is 11.1 Å². The highest BCUT2D eigenvalue weighted by Crippen LogP contribution is 2.29. The van der Waals surface area contributed by atoms with Gasteiger partial charge in [0.25, 0.3) is 0 Å². The van der Waals surface area contributed by atoms with Crippen LogP contribution in [0.15, 0.2) is 28.4 Å². The van der Waals surface area contributed by atoms with Crippen LogP contribution in [0.5, 0.6) is 5.75 Å². The number of rotatable bonds is 6. The lowest BCUT2D eigenvalue weighted by Gasteiger charge is -2.13. The van der Waals surface area contributed by atoms with Crippen LogP contribution in [0.2, 0.25) is 0 Å². The summed E-state index contributed by atoms with van der Waals surface area (Å²) in [6.07, 6.45) is 0.938. The molecule has 0 aliphatic heterocycles. The fraction of sp³-hybridized carbons (Fsp3) is 0.308. The van der Waals surface area contributed by atoms with E-state index >= 15 is 0 Å². The minimum Gasteiger partial charge on any atom is -0.491 e. The third-order valence-electron chi connectivity index (χ3n) is 2.57. The van der Waals surface area contributed by atoms with Crippen molar-refractivity contribution >= 4 is 22.7 Å². The van der Waals surface area contributed by atoms with Crippen molar-refractivity contribution in [3.8, 4) is 5.75 Å².